The second kappa shape index (κ2) is 6.52. The molecule has 1 unspecified atom stereocenters. The first-order valence-corrected chi connectivity index (χ1v) is 10.1. The van der Waals surface area contributed by atoms with Crippen LogP contribution in [0.3, 0.4) is 0 Å². The van der Waals surface area contributed by atoms with Crippen molar-refractivity contribution in [1.82, 2.24) is 0 Å². The quantitative estimate of drug-likeness (QED) is 0.811. The predicted octanol–water partition coefficient (Wildman–Crippen LogP) is 4.51. The first-order valence-electron chi connectivity index (χ1n) is 8.17. The SMILES string of the molecule is COc1ccc(-c2ccccc2)c(C2(C)C=CC(S(C)(=O)=O)=CC2)c1. The molecule has 0 aliphatic heterocycles. The molecular weight excluding hydrogens is 332 g/mol. The molecule has 3 nitrogen and oxygen atoms in total. The molecule has 0 bridgehead atoms. The molecule has 130 valence electrons. The van der Waals surface area contributed by atoms with Gasteiger partial charge in [-0.1, -0.05) is 55.5 Å². The molecule has 1 atom stereocenters. The van der Waals surface area contributed by atoms with Gasteiger partial charge in [0, 0.05) is 11.7 Å². The Morgan fingerprint density at radius 2 is 1.80 bits per heavy atom. The van der Waals surface area contributed by atoms with Crippen molar-refractivity contribution in [1.29, 1.82) is 0 Å². The lowest BCUT2D eigenvalue weighted by Gasteiger charge is -2.31. The summed E-state index contributed by atoms with van der Waals surface area (Å²) in [6, 6.07) is 16.3. The van der Waals surface area contributed by atoms with E-state index in [4.69, 9.17) is 4.74 Å². The first kappa shape index (κ1) is 17.5. The molecule has 0 heterocycles. The lowest BCUT2D eigenvalue weighted by atomic mass is 9.74. The summed E-state index contributed by atoms with van der Waals surface area (Å²) in [5, 5.41) is 0. The van der Waals surface area contributed by atoms with Crippen molar-refractivity contribution in [2.24, 2.45) is 0 Å². The van der Waals surface area contributed by atoms with E-state index in [-0.39, 0.29) is 5.41 Å². The average molecular weight is 354 g/mol. The van der Waals surface area contributed by atoms with Gasteiger partial charge in [0.15, 0.2) is 9.84 Å². The molecular formula is C21H22O3S. The van der Waals surface area contributed by atoms with Gasteiger partial charge in [-0.25, -0.2) is 8.42 Å². The largest absolute Gasteiger partial charge is 0.497 e. The molecule has 2 aromatic rings. The first-order chi connectivity index (χ1) is 11.8. The summed E-state index contributed by atoms with van der Waals surface area (Å²) in [5.74, 6) is 0.794. The van der Waals surface area contributed by atoms with E-state index < -0.39 is 9.84 Å². The maximum Gasteiger partial charge on any atom is 0.175 e. The highest BCUT2D eigenvalue weighted by Crippen LogP contribution is 2.41. The van der Waals surface area contributed by atoms with Crippen LogP contribution in [0.5, 0.6) is 5.75 Å². The van der Waals surface area contributed by atoms with Crippen molar-refractivity contribution < 1.29 is 13.2 Å². The zero-order valence-electron chi connectivity index (χ0n) is 14.7. The Kier molecular flexibility index (Phi) is 4.56. The number of hydrogen-bond donors (Lipinski definition) is 0. The molecule has 0 N–H and O–H groups in total. The van der Waals surface area contributed by atoms with Gasteiger partial charge in [0.1, 0.15) is 5.75 Å². The molecule has 4 heteroatoms. The van der Waals surface area contributed by atoms with Gasteiger partial charge in [0.25, 0.3) is 0 Å². The van der Waals surface area contributed by atoms with Gasteiger partial charge in [-0.05, 0) is 41.3 Å². The Labute approximate surface area is 149 Å². The second-order valence-corrected chi connectivity index (χ2v) is 8.63. The number of ether oxygens (including phenoxy) is 1. The third-order valence-electron chi connectivity index (χ3n) is 4.70. The van der Waals surface area contributed by atoms with Crippen molar-refractivity contribution in [3.05, 3.63) is 77.2 Å². The van der Waals surface area contributed by atoms with Gasteiger partial charge in [0.2, 0.25) is 0 Å². The molecule has 2 aromatic carbocycles. The molecule has 1 aliphatic carbocycles. The van der Waals surface area contributed by atoms with Crippen molar-refractivity contribution >= 4 is 9.84 Å². The lowest BCUT2D eigenvalue weighted by molar-refractivity contribution is 0.413. The summed E-state index contributed by atoms with van der Waals surface area (Å²) in [7, 11) is -1.53. The molecule has 0 spiro atoms. The molecule has 0 radical (unpaired) electrons. The summed E-state index contributed by atoms with van der Waals surface area (Å²) in [4.78, 5) is 0.383. The van der Waals surface area contributed by atoms with Crippen molar-refractivity contribution in [3.63, 3.8) is 0 Å². The number of sulfone groups is 1. The van der Waals surface area contributed by atoms with Crippen LogP contribution in [0.15, 0.2) is 71.7 Å². The van der Waals surface area contributed by atoms with Gasteiger partial charge in [-0.15, -0.1) is 0 Å². The summed E-state index contributed by atoms with van der Waals surface area (Å²) in [5.41, 5.74) is 3.09. The number of benzene rings is 2. The predicted molar refractivity (Wildman–Crippen MR) is 102 cm³/mol. The monoisotopic (exact) mass is 354 g/mol. The van der Waals surface area contributed by atoms with Crippen LogP contribution in [0.4, 0.5) is 0 Å². The van der Waals surface area contributed by atoms with Crippen LogP contribution in [0, 0.1) is 0 Å². The molecule has 0 saturated heterocycles. The van der Waals surface area contributed by atoms with Gasteiger partial charge in [-0.3, -0.25) is 0 Å². The normalized spacial score (nSPS) is 20.2. The maximum atomic E-state index is 11.8. The molecule has 0 amide bonds. The Balaban J connectivity index is 2.11. The molecule has 0 aromatic heterocycles. The molecule has 0 saturated carbocycles. The van der Waals surface area contributed by atoms with E-state index >= 15 is 0 Å². The van der Waals surface area contributed by atoms with Crippen LogP contribution in [-0.2, 0) is 15.3 Å². The van der Waals surface area contributed by atoms with E-state index in [1.807, 2.05) is 42.5 Å². The Morgan fingerprint density at radius 1 is 1.08 bits per heavy atom. The third-order valence-corrected chi connectivity index (χ3v) is 5.86. The fourth-order valence-electron chi connectivity index (χ4n) is 3.18. The second-order valence-electron chi connectivity index (χ2n) is 6.61. The smallest absolute Gasteiger partial charge is 0.175 e. The molecule has 0 fully saturated rings. The minimum atomic E-state index is -3.18. The fraction of sp³-hybridized carbons (Fsp3) is 0.238. The summed E-state index contributed by atoms with van der Waals surface area (Å²) < 4.78 is 29.0. The summed E-state index contributed by atoms with van der Waals surface area (Å²) in [6.45, 7) is 2.13. The van der Waals surface area contributed by atoms with Crippen LogP contribution < -0.4 is 4.74 Å². The minimum absolute atomic E-state index is 0.298. The topological polar surface area (TPSA) is 43.4 Å². The van der Waals surface area contributed by atoms with E-state index in [9.17, 15) is 8.42 Å². The van der Waals surface area contributed by atoms with E-state index in [0.29, 0.717) is 11.3 Å². The lowest BCUT2D eigenvalue weighted by Crippen LogP contribution is -2.22. The Hall–Kier alpha value is -2.33. The van der Waals surface area contributed by atoms with Gasteiger partial charge in [0.05, 0.1) is 12.0 Å². The van der Waals surface area contributed by atoms with Crippen LogP contribution in [-0.4, -0.2) is 21.8 Å². The third kappa shape index (κ3) is 3.54. The maximum absolute atomic E-state index is 11.8. The molecule has 25 heavy (non-hydrogen) atoms. The van der Waals surface area contributed by atoms with Crippen LogP contribution in [0.2, 0.25) is 0 Å². The number of methoxy groups -OCH3 is 1. The van der Waals surface area contributed by atoms with Gasteiger partial charge in [-0.2, -0.15) is 0 Å². The van der Waals surface area contributed by atoms with Crippen molar-refractivity contribution in [3.8, 4) is 16.9 Å². The van der Waals surface area contributed by atoms with Crippen LogP contribution >= 0.6 is 0 Å². The zero-order valence-corrected chi connectivity index (χ0v) is 15.5. The van der Waals surface area contributed by atoms with Gasteiger partial charge >= 0.3 is 0 Å². The van der Waals surface area contributed by atoms with Crippen molar-refractivity contribution in [2.75, 3.05) is 13.4 Å². The van der Waals surface area contributed by atoms with E-state index in [1.165, 1.54) is 6.26 Å². The summed E-state index contributed by atoms with van der Waals surface area (Å²) >= 11 is 0. The van der Waals surface area contributed by atoms with E-state index in [0.717, 1.165) is 22.4 Å². The number of allylic oxidation sites excluding steroid dienone is 3. The highest BCUT2D eigenvalue weighted by atomic mass is 32.2. The number of rotatable bonds is 4. The van der Waals surface area contributed by atoms with E-state index in [2.05, 4.69) is 25.1 Å². The van der Waals surface area contributed by atoms with Gasteiger partial charge < -0.3 is 4.74 Å². The fourth-order valence-corrected chi connectivity index (χ4v) is 3.88. The molecule has 3 rings (SSSR count). The zero-order chi connectivity index (χ0) is 18.1. The van der Waals surface area contributed by atoms with Crippen LogP contribution in [0.25, 0.3) is 11.1 Å². The Bertz CT molecular complexity index is 940. The highest BCUT2D eigenvalue weighted by Gasteiger charge is 2.30. The minimum Gasteiger partial charge on any atom is -0.497 e. The van der Waals surface area contributed by atoms with E-state index in [1.54, 1.807) is 13.2 Å². The number of hydrogen-bond acceptors (Lipinski definition) is 3. The Morgan fingerprint density at radius 3 is 2.36 bits per heavy atom. The average Bonchev–Trinajstić information content (AvgIpc) is 2.61. The molecule has 1 aliphatic rings. The summed E-state index contributed by atoms with van der Waals surface area (Å²) in [6.07, 6.45) is 7.38. The highest BCUT2D eigenvalue weighted by molar-refractivity contribution is 7.94. The van der Waals surface area contributed by atoms with Crippen LogP contribution in [0.1, 0.15) is 18.9 Å². The van der Waals surface area contributed by atoms with Crippen molar-refractivity contribution in [2.45, 2.75) is 18.8 Å². The standard InChI is InChI=1S/C21H22O3S/c1-21(13-11-18(12-14-21)25(3,22)23)20-15-17(24-2)9-10-19(20)16-7-5-4-6-8-16/h4-13,15H,14H2,1-3H3.